The molecule has 0 spiro atoms. The molecule has 0 saturated heterocycles. The first-order valence-corrected chi connectivity index (χ1v) is 5.10. The van der Waals surface area contributed by atoms with Crippen LogP contribution in [0, 0.1) is 0 Å². The Bertz CT molecular complexity index is 551. The first kappa shape index (κ1) is 11.2. The molecule has 2 N–H and O–H groups in total. The van der Waals surface area contributed by atoms with Crippen molar-refractivity contribution in [1.82, 2.24) is 4.98 Å². The highest BCUT2D eigenvalue weighted by atomic mass is 79.9. The maximum absolute atomic E-state index is 12.8. The minimum absolute atomic E-state index is 0.000860. The smallest absolute Gasteiger partial charge is 0.384 e. The van der Waals surface area contributed by atoms with Crippen molar-refractivity contribution in [3.63, 3.8) is 0 Å². The summed E-state index contributed by atoms with van der Waals surface area (Å²) >= 11 is 2.89. The van der Waals surface area contributed by atoms with Gasteiger partial charge in [0.2, 0.25) is 0 Å². The third-order valence-electron chi connectivity index (χ3n) is 2.16. The van der Waals surface area contributed by atoms with Crippen LogP contribution in [0.4, 0.5) is 19.0 Å². The molecule has 6 heteroatoms. The van der Waals surface area contributed by atoms with Crippen LogP contribution >= 0.6 is 15.9 Å². The molecule has 0 fully saturated rings. The van der Waals surface area contributed by atoms with Crippen molar-refractivity contribution in [2.75, 3.05) is 5.73 Å². The van der Waals surface area contributed by atoms with Gasteiger partial charge >= 0.3 is 6.18 Å². The maximum Gasteiger partial charge on any atom is 0.418 e. The van der Waals surface area contributed by atoms with Crippen molar-refractivity contribution in [2.24, 2.45) is 0 Å². The molecule has 0 atom stereocenters. The van der Waals surface area contributed by atoms with E-state index in [1.165, 1.54) is 12.1 Å². The van der Waals surface area contributed by atoms with E-state index in [2.05, 4.69) is 20.9 Å². The van der Waals surface area contributed by atoms with E-state index in [-0.39, 0.29) is 15.7 Å². The van der Waals surface area contributed by atoms with Crippen LogP contribution in [0.15, 0.2) is 28.9 Å². The van der Waals surface area contributed by atoms with Gasteiger partial charge in [0, 0.05) is 16.1 Å². The lowest BCUT2D eigenvalue weighted by molar-refractivity contribution is -0.136. The summed E-state index contributed by atoms with van der Waals surface area (Å²) in [5, 5.41) is 0.458. The number of rotatable bonds is 0. The van der Waals surface area contributed by atoms with Crippen LogP contribution in [0.3, 0.4) is 0 Å². The number of halogens is 4. The van der Waals surface area contributed by atoms with E-state index in [1.807, 2.05) is 0 Å². The van der Waals surface area contributed by atoms with E-state index in [4.69, 9.17) is 5.73 Å². The Hall–Kier alpha value is -1.30. The Morgan fingerprint density at radius 1 is 1.25 bits per heavy atom. The fourth-order valence-corrected chi connectivity index (χ4v) is 2.07. The first-order chi connectivity index (χ1) is 7.39. The van der Waals surface area contributed by atoms with Crippen molar-refractivity contribution in [1.29, 1.82) is 0 Å². The fourth-order valence-electron chi connectivity index (χ4n) is 1.50. The van der Waals surface area contributed by atoms with Gasteiger partial charge in [0.1, 0.15) is 5.82 Å². The molecule has 2 nitrogen and oxygen atoms in total. The number of anilines is 1. The summed E-state index contributed by atoms with van der Waals surface area (Å²) in [4.78, 5) is 3.68. The topological polar surface area (TPSA) is 38.9 Å². The Balaban J connectivity index is 2.85. The average molecular weight is 291 g/mol. The zero-order chi connectivity index (χ0) is 11.9. The number of aromatic nitrogens is 1. The number of alkyl halides is 3. The van der Waals surface area contributed by atoms with Crippen molar-refractivity contribution < 1.29 is 13.2 Å². The number of benzene rings is 1. The van der Waals surface area contributed by atoms with Gasteiger partial charge in [-0.25, -0.2) is 4.98 Å². The van der Waals surface area contributed by atoms with Gasteiger partial charge in [0.05, 0.1) is 5.56 Å². The number of hydrogen-bond acceptors (Lipinski definition) is 2. The Morgan fingerprint density at radius 2 is 1.94 bits per heavy atom. The summed E-state index contributed by atoms with van der Waals surface area (Å²) in [6.45, 7) is 0. The molecule has 1 heterocycles. The van der Waals surface area contributed by atoms with Gasteiger partial charge in [-0.05, 0) is 17.5 Å². The highest BCUT2D eigenvalue weighted by Gasteiger charge is 2.35. The van der Waals surface area contributed by atoms with Gasteiger partial charge in [-0.15, -0.1) is 0 Å². The molecule has 16 heavy (non-hydrogen) atoms. The van der Waals surface area contributed by atoms with Gasteiger partial charge in [-0.3, -0.25) is 0 Å². The molecule has 0 bridgehead atoms. The van der Waals surface area contributed by atoms with Crippen molar-refractivity contribution in [3.05, 3.63) is 34.4 Å². The fraction of sp³-hybridized carbons (Fsp3) is 0.100. The normalized spacial score (nSPS) is 12.0. The number of hydrogen-bond donors (Lipinski definition) is 1. The van der Waals surface area contributed by atoms with E-state index >= 15 is 0 Å². The van der Waals surface area contributed by atoms with Crippen LogP contribution in [-0.2, 0) is 6.18 Å². The summed E-state index contributed by atoms with van der Waals surface area (Å²) in [7, 11) is 0. The van der Waals surface area contributed by atoms with Crippen LogP contribution < -0.4 is 5.73 Å². The van der Waals surface area contributed by atoms with Crippen molar-refractivity contribution in [2.45, 2.75) is 6.18 Å². The van der Waals surface area contributed by atoms with Gasteiger partial charge in [-0.2, -0.15) is 13.2 Å². The molecular formula is C10H6BrF3N2. The van der Waals surface area contributed by atoms with E-state index < -0.39 is 11.7 Å². The molecule has 2 aromatic rings. The molecule has 0 aliphatic rings. The second kappa shape index (κ2) is 3.62. The van der Waals surface area contributed by atoms with E-state index in [0.29, 0.717) is 5.39 Å². The SMILES string of the molecule is Nc1cc2ccc(Br)c(C(F)(F)F)c2cn1. The van der Waals surface area contributed by atoms with Crippen LogP contribution in [0.5, 0.6) is 0 Å². The molecular weight excluding hydrogens is 285 g/mol. The van der Waals surface area contributed by atoms with Crippen LogP contribution in [0.25, 0.3) is 10.8 Å². The Morgan fingerprint density at radius 3 is 2.56 bits per heavy atom. The third kappa shape index (κ3) is 1.84. The predicted molar refractivity (Wildman–Crippen MR) is 58.9 cm³/mol. The number of nitrogens with two attached hydrogens (primary N) is 1. The van der Waals surface area contributed by atoms with Crippen LogP contribution in [0.1, 0.15) is 5.56 Å². The first-order valence-electron chi connectivity index (χ1n) is 4.30. The lowest BCUT2D eigenvalue weighted by Crippen LogP contribution is -2.07. The summed E-state index contributed by atoms with van der Waals surface area (Å²) < 4.78 is 38.4. The maximum atomic E-state index is 12.8. The molecule has 0 amide bonds. The van der Waals surface area contributed by atoms with Crippen LogP contribution in [-0.4, -0.2) is 4.98 Å². The minimum atomic E-state index is -4.42. The van der Waals surface area contributed by atoms with Crippen LogP contribution in [0.2, 0.25) is 0 Å². The van der Waals surface area contributed by atoms with Gasteiger partial charge < -0.3 is 5.73 Å². The van der Waals surface area contributed by atoms with E-state index in [0.717, 1.165) is 6.20 Å². The van der Waals surface area contributed by atoms with Gasteiger partial charge in [0.15, 0.2) is 0 Å². The summed E-state index contributed by atoms with van der Waals surface area (Å²) in [6, 6.07) is 4.33. The standard InChI is InChI=1S/C10H6BrF3N2/c11-7-2-1-5-3-8(15)16-4-6(5)9(7)10(12,13)14/h1-4H,(H2,15,16). The molecule has 0 aliphatic heterocycles. The largest absolute Gasteiger partial charge is 0.418 e. The highest BCUT2D eigenvalue weighted by molar-refractivity contribution is 9.10. The summed E-state index contributed by atoms with van der Waals surface area (Å²) in [6.07, 6.45) is -3.28. The zero-order valence-corrected chi connectivity index (χ0v) is 9.43. The van der Waals surface area contributed by atoms with Gasteiger partial charge in [-0.1, -0.05) is 22.0 Å². The molecule has 0 aliphatic carbocycles. The third-order valence-corrected chi connectivity index (χ3v) is 2.82. The molecule has 0 radical (unpaired) electrons. The molecule has 1 aromatic carbocycles. The van der Waals surface area contributed by atoms with Crippen molar-refractivity contribution >= 4 is 32.5 Å². The lowest BCUT2D eigenvalue weighted by Gasteiger charge is -2.12. The zero-order valence-electron chi connectivity index (χ0n) is 7.85. The number of pyridine rings is 1. The predicted octanol–water partition coefficient (Wildman–Crippen LogP) is 3.60. The minimum Gasteiger partial charge on any atom is -0.384 e. The quantitative estimate of drug-likeness (QED) is 0.805. The highest BCUT2D eigenvalue weighted by Crippen LogP contribution is 2.39. The number of nitrogens with zero attached hydrogens (tertiary/aromatic N) is 1. The Labute approximate surface area is 97.4 Å². The summed E-state index contributed by atoms with van der Waals surface area (Å²) in [5.41, 5.74) is 4.69. The second-order valence-corrected chi connectivity index (χ2v) is 4.10. The summed E-state index contributed by atoms with van der Waals surface area (Å²) in [5.74, 6) is 0.197. The van der Waals surface area contributed by atoms with Crippen molar-refractivity contribution in [3.8, 4) is 0 Å². The van der Waals surface area contributed by atoms with E-state index in [9.17, 15) is 13.2 Å². The molecule has 1 aromatic heterocycles. The van der Waals surface area contributed by atoms with Gasteiger partial charge in [0.25, 0.3) is 0 Å². The monoisotopic (exact) mass is 290 g/mol. The molecule has 0 saturated carbocycles. The molecule has 0 unspecified atom stereocenters. The molecule has 2 rings (SSSR count). The Kier molecular flexibility index (Phi) is 2.53. The molecule has 84 valence electrons. The lowest BCUT2D eigenvalue weighted by atomic mass is 10.1. The second-order valence-electron chi connectivity index (χ2n) is 3.25. The average Bonchev–Trinajstić information content (AvgIpc) is 2.16. The number of fused-ring (bicyclic) bond motifs is 1. The number of nitrogen functional groups attached to an aromatic ring is 1. The van der Waals surface area contributed by atoms with E-state index in [1.54, 1.807) is 6.07 Å².